The zero-order valence-corrected chi connectivity index (χ0v) is 7.14. The molecular weight excluding hydrogens is 134 g/mol. The van der Waals surface area contributed by atoms with E-state index in [1.54, 1.807) is 0 Å². The summed E-state index contributed by atoms with van der Waals surface area (Å²) in [4.78, 5) is 0. The maximum atomic E-state index is 9.09. The van der Waals surface area contributed by atoms with Crippen molar-refractivity contribution in [3.8, 4) is 6.07 Å². The first-order valence-electron chi connectivity index (χ1n) is 4.68. The van der Waals surface area contributed by atoms with Crippen molar-refractivity contribution in [1.82, 2.24) is 0 Å². The zero-order valence-electron chi connectivity index (χ0n) is 7.14. The normalized spacial score (nSPS) is 43.8. The molecule has 2 aliphatic carbocycles. The van der Waals surface area contributed by atoms with Gasteiger partial charge in [-0.2, -0.15) is 5.26 Å². The highest BCUT2D eigenvalue weighted by atomic mass is 14.5. The van der Waals surface area contributed by atoms with Crippen LogP contribution in [0.15, 0.2) is 0 Å². The van der Waals surface area contributed by atoms with Gasteiger partial charge in [0.1, 0.15) is 0 Å². The van der Waals surface area contributed by atoms with Gasteiger partial charge in [0.05, 0.1) is 11.5 Å². The summed E-state index contributed by atoms with van der Waals surface area (Å²) in [6, 6.07) is 2.57. The third kappa shape index (κ3) is 1.05. The fraction of sp³-hybridized carbons (Fsp3) is 0.900. The largest absolute Gasteiger partial charge is 0.198 e. The van der Waals surface area contributed by atoms with Crippen LogP contribution in [0, 0.1) is 28.6 Å². The van der Waals surface area contributed by atoms with E-state index < -0.39 is 0 Å². The van der Waals surface area contributed by atoms with Crippen LogP contribution in [0.5, 0.6) is 0 Å². The lowest BCUT2D eigenvalue weighted by Crippen LogP contribution is -2.16. The van der Waals surface area contributed by atoms with Gasteiger partial charge in [-0.25, -0.2) is 0 Å². The molecule has 0 aromatic carbocycles. The second-order valence-corrected chi connectivity index (χ2v) is 4.39. The van der Waals surface area contributed by atoms with Crippen LogP contribution < -0.4 is 0 Å². The summed E-state index contributed by atoms with van der Waals surface area (Å²) < 4.78 is 0. The number of nitriles is 1. The van der Waals surface area contributed by atoms with E-state index in [4.69, 9.17) is 5.26 Å². The predicted octanol–water partition coefficient (Wildman–Crippen LogP) is 2.73. The minimum absolute atomic E-state index is 0.124. The molecular formula is C10H15N. The molecule has 0 saturated heterocycles. The minimum Gasteiger partial charge on any atom is -0.198 e. The first-order chi connectivity index (χ1) is 5.27. The van der Waals surface area contributed by atoms with Gasteiger partial charge in [-0.1, -0.05) is 6.92 Å². The van der Waals surface area contributed by atoms with Gasteiger partial charge < -0.3 is 0 Å². The molecule has 1 heteroatoms. The highest BCUT2D eigenvalue weighted by molar-refractivity contribution is 5.10. The van der Waals surface area contributed by atoms with Crippen molar-refractivity contribution in [2.75, 3.05) is 0 Å². The average Bonchev–Trinajstić information content (AvgIpc) is 2.77. The van der Waals surface area contributed by atoms with Crippen LogP contribution >= 0.6 is 0 Å². The fourth-order valence-corrected chi connectivity index (χ4v) is 2.53. The van der Waals surface area contributed by atoms with Crippen LogP contribution in [-0.2, 0) is 0 Å². The minimum atomic E-state index is 0.124. The van der Waals surface area contributed by atoms with Crippen molar-refractivity contribution in [1.29, 1.82) is 5.26 Å². The molecule has 2 fully saturated rings. The van der Waals surface area contributed by atoms with E-state index in [0.29, 0.717) is 0 Å². The van der Waals surface area contributed by atoms with Crippen LogP contribution in [0.4, 0.5) is 0 Å². The summed E-state index contributed by atoms with van der Waals surface area (Å²) in [5.41, 5.74) is 0.124. The molecule has 0 bridgehead atoms. The van der Waals surface area contributed by atoms with E-state index in [0.717, 1.165) is 11.8 Å². The molecule has 2 unspecified atom stereocenters. The molecule has 60 valence electrons. The lowest BCUT2D eigenvalue weighted by Gasteiger charge is -2.19. The number of hydrogen-bond donors (Lipinski definition) is 0. The molecule has 2 aliphatic rings. The fourth-order valence-electron chi connectivity index (χ4n) is 2.53. The highest BCUT2D eigenvalue weighted by Crippen LogP contribution is 2.55. The lowest BCUT2D eigenvalue weighted by molar-refractivity contribution is 0.338. The van der Waals surface area contributed by atoms with E-state index in [1.807, 2.05) is 0 Å². The van der Waals surface area contributed by atoms with E-state index >= 15 is 0 Å². The van der Waals surface area contributed by atoms with Gasteiger partial charge in [0.15, 0.2) is 0 Å². The van der Waals surface area contributed by atoms with Gasteiger partial charge >= 0.3 is 0 Å². The molecule has 1 nitrogen and oxygen atoms in total. The van der Waals surface area contributed by atoms with Crippen LogP contribution in [0.3, 0.4) is 0 Å². The molecule has 0 aromatic heterocycles. The van der Waals surface area contributed by atoms with E-state index in [9.17, 15) is 0 Å². The van der Waals surface area contributed by atoms with Crippen LogP contribution in [0.1, 0.15) is 39.0 Å². The molecule has 0 amide bonds. The van der Waals surface area contributed by atoms with Gasteiger partial charge in [-0.05, 0) is 43.9 Å². The van der Waals surface area contributed by atoms with Crippen molar-refractivity contribution in [2.24, 2.45) is 17.3 Å². The van der Waals surface area contributed by atoms with Crippen LogP contribution in [-0.4, -0.2) is 0 Å². The number of hydrogen-bond acceptors (Lipinski definition) is 1. The Balaban J connectivity index is 2.12. The monoisotopic (exact) mass is 149 g/mol. The summed E-state index contributed by atoms with van der Waals surface area (Å²) in [6.45, 7) is 2.28. The maximum Gasteiger partial charge on any atom is 0.0692 e. The Hall–Kier alpha value is -0.510. The molecule has 11 heavy (non-hydrogen) atoms. The predicted molar refractivity (Wildman–Crippen MR) is 43.8 cm³/mol. The molecule has 0 aliphatic heterocycles. The topological polar surface area (TPSA) is 23.8 Å². The van der Waals surface area contributed by atoms with Gasteiger partial charge in [0.25, 0.3) is 0 Å². The van der Waals surface area contributed by atoms with Gasteiger partial charge in [-0.15, -0.1) is 0 Å². The Kier molecular flexibility index (Phi) is 1.45. The van der Waals surface area contributed by atoms with E-state index in [1.165, 1.54) is 32.1 Å². The Labute approximate surface area is 68.4 Å². The first-order valence-corrected chi connectivity index (χ1v) is 4.68. The molecule has 0 aromatic rings. The summed E-state index contributed by atoms with van der Waals surface area (Å²) in [5, 5.41) is 9.09. The van der Waals surface area contributed by atoms with Crippen molar-refractivity contribution >= 4 is 0 Å². The van der Waals surface area contributed by atoms with Gasteiger partial charge in [-0.3, -0.25) is 0 Å². The SMILES string of the molecule is CC1CCC(C#N)(C2CC2)C1. The maximum absolute atomic E-state index is 9.09. The molecule has 2 saturated carbocycles. The third-order valence-corrected chi connectivity index (χ3v) is 3.38. The molecule has 0 radical (unpaired) electrons. The van der Waals surface area contributed by atoms with Crippen molar-refractivity contribution in [2.45, 2.75) is 39.0 Å². The Morgan fingerprint density at radius 1 is 1.36 bits per heavy atom. The molecule has 2 rings (SSSR count). The summed E-state index contributed by atoms with van der Waals surface area (Å²) in [6.07, 6.45) is 6.27. The third-order valence-electron chi connectivity index (χ3n) is 3.38. The zero-order chi connectivity index (χ0) is 7.90. The Morgan fingerprint density at radius 2 is 2.09 bits per heavy atom. The quantitative estimate of drug-likeness (QED) is 0.562. The number of rotatable bonds is 1. The smallest absolute Gasteiger partial charge is 0.0692 e. The standard InChI is InChI=1S/C10H15N/c1-8-4-5-10(6-8,7-11)9-2-3-9/h8-9H,2-6H2,1H3. The van der Waals surface area contributed by atoms with Crippen LogP contribution in [0.2, 0.25) is 0 Å². The second kappa shape index (κ2) is 2.24. The van der Waals surface area contributed by atoms with Gasteiger partial charge in [0, 0.05) is 0 Å². The summed E-state index contributed by atoms with van der Waals surface area (Å²) >= 11 is 0. The second-order valence-electron chi connectivity index (χ2n) is 4.39. The molecule has 0 spiro atoms. The Morgan fingerprint density at radius 3 is 2.45 bits per heavy atom. The van der Waals surface area contributed by atoms with E-state index in [-0.39, 0.29) is 5.41 Å². The summed E-state index contributed by atoms with van der Waals surface area (Å²) in [5.74, 6) is 1.58. The molecule has 0 N–H and O–H groups in total. The van der Waals surface area contributed by atoms with Crippen LogP contribution in [0.25, 0.3) is 0 Å². The molecule has 0 heterocycles. The van der Waals surface area contributed by atoms with Gasteiger partial charge in [0.2, 0.25) is 0 Å². The lowest BCUT2D eigenvalue weighted by atomic mass is 9.82. The van der Waals surface area contributed by atoms with Crippen molar-refractivity contribution in [3.63, 3.8) is 0 Å². The highest BCUT2D eigenvalue weighted by Gasteiger charge is 2.48. The Bertz CT molecular complexity index is 199. The van der Waals surface area contributed by atoms with E-state index in [2.05, 4.69) is 13.0 Å². The van der Waals surface area contributed by atoms with Crippen molar-refractivity contribution in [3.05, 3.63) is 0 Å². The summed E-state index contributed by atoms with van der Waals surface area (Å²) in [7, 11) is 0. The molecule has 2 atom stereocenters. The average molecular weight is 149 g/mol. The number of nitrogens with zero attached hydrogens (tertiary/aromatic N) is 1. The van der Waals surface area contributed by atoms with Crippen molar-refractivity contribution < 1.29 is 0 Å². The first kappa shape index (κ1) is 7.16.